The molecule has 0 unspecified atom stereocenters. The number of urea groups is 1. The molecule has 1 N–H and O–H groups in total. The fraction of sp³-hybridized carbons (Fsp3) is 0.440. The van der Waals surface area contributed by atoms with Crippen molar-refractivity contribution >= 4 is 17.8 Å². The summed E-state index contributed by atoms with van der Waals surface area (Å²) in [6.07, 6.45) is -2.45. The standard InChI is InChI=1S/C25H27F3N4O3/c1-24(2)22(34)32(23(35)30-24)14-12-21(33)31-13-4-7-20(31)19-6-3-5-18(29-19)15-16-8-10-17(11-9-16)25(26,27)28/h3,5-6,8-11,20H,4,7,12-15H2,1-2H3,(H,30,35)/t20-/m0/s1. The first-order valence-corrected chi connectivity index (χ1v) is 11.5. The van der Waals surface area contributed by atoms with Gasteiger partial charge in [0.25, 0.3) is 5.91 Å². The van der Waals surface area contributed by atoms with E-state index in [9.17, 15) is 27.6 Å². The fourth-order valence-corrected chi connectivity index (χ4v) is 4.55. The van der Waals surface area contributed by atoms with E-state index in [-0.39, 0.29) is 30.8 Å². The lowest BCUT2D eigenvalue weighted by atomic mass is 10.0. The fourth-order valence-electron chi connectivity index (χ4n) is 4.55. The number of carbonyl (C=O) groups is 3. The van der Waals surface area contributed by atoms with Gasteiger partial charge in [0.2, 0.25) is 5.91 Å². The van der Waals surface area contributed by atoms with Crippen molar-refractivity contribution in [3.8, 4) is 0 Å². The lowest BCUT2D eigenvalue weighted by Gasteiger charge is -2.25. The number of aromatic nitrogens is 1. The first kappa shape index (κ1) is 24.7. The van der Waals surface area contributed by atoms with Crippen LogP contribution in [0.1, 0.15) is 61.7 Å². The van der Waals surface area contributed by atoms with Crippen LogP contribution in [-0.4, -0.2) is 51.3 Å². The zero-order chi connectivity index (χ0) is 25.4. The Morgan fingerprint density at radius 2 is 1.86 bits per heavy atom. The van der Waals surface area contributed by atoms with Crippen molar-refractivity contribution in [2.24, 2.45) is 0 Å². The number of hydrogen-bond donors (Lipinski definition) is 1. The Morgan fingerprint density at radius 3 is 2.49 bits per heavy atom. The molecule has 186 valence electrons. The van der Waals surface area contributed by atoms with Crippen LogP contribution in [0.2, 0.25) is 0 Å². The summed E-state index contributed by atoms with van der Waals surface area (Å²) >= 11 is 0. The van der Waals surface area contributed by atoms with Crippen LogP contribution in [0.15, 0.2) is 42.5 Å². The van der Waals surface area contributed by atoms with E-state index in [0.29, 0.717) is 24.2 Å². The van der Waals surface area contributed by atoms with Crippen molar-refractivity contribution in [3.05, 3.63) is 65.0 Å². The molecule has 1 atom stereocenters. The number of benzene rings is 1. The summed E-state index contributed by atoms with van der Waals surface area (Å²) in [6, 6.07) is 9.76. The molecule has 0 radical (unpaired) electrons. The minimum absolute atomic E-state index is 0.0114. The molecule has 1 aromatic heterocycles. The van der Waals surface area contributed by atoms with Gasteiger partial charge in [-0.15, -0.1) is 0 Å². The lowest BCUT2D eigenvalue weighted by molar-refractivity contribution is -0.137. The Bertz CT molecular complexity index is 1130. The van der Waals surface area contributed by atoms with E-state index in [1.807, 2.05) is 18.2 Å². The molecule has 0 bridgehead atoms. The molecule has 10 heteroatoms. The quantitative estimate of drug-likeness (QED) is 0.622. The van der Waals surface area contributed by atoms with E-state index in [0.717, 1.165) is 35.6 Å². The molecule has 0 spiro atoms. The first-order valence-electron chi connectivity index (χ1n) is 11.5. The summed E-state index contributed by atoms with van der Waals surface area (Å²) in [5.41, 5.74) is 0.450. The van der Waals surface area contributed by atoms with Gasteiger partial charge in [-0.05, 0) is 56.5 Å². The Balaban J connectivity index is 1.41. The Labute approximate surface area is 201 Å². The van der Waals surface area contributed by atoms with Crippen molar-refractivity contribution in [2.45, 2.75) is 57.3 Å². The average molecular weight is 489 g/mol. The van der Waals surface area contributed by atoms with Gasteiger partial charge in [0.15, 0.2) is 0 Å². The molecular weight excluding hydrogens is 461 g/mol. The van der Waals surface area contributed by atoms with Crippen LogP contribution in [0, 0.1) is 0 Å². The minimum Gasteiger partial charge on any atom is -0.334 e. The molecule has 2 aliphatic heterocycles. The molecule has 0 aliphatic carbocycles. The van der Waals surface area contributed by atoms with Crippen LogP contribution in [0.3, 0.4) is 0 Å². The summed E-state index contributed by atoms with van der Waals surface area (Å²) in [7, 11) is 0. The number of hydrogen-bond acceptors (Lipinski definition) is 4. The van der Waals surface area contributed by atoms with Gasteiger partial charge in [-0.25, -0.2) is 4.79 Å². The maximum absolute atomic E-state index is 13.0. The predicted molar refractivity (Wildman–Crippen MR) is 121 cm³/mol. The van der Waals surface area contributed by atoms with Gasteiger partial charge >= 0.3 is 12.2 Å². The van der Waals surface area contributed by atoms with Gasteiger partial charge in [-0.2, -0.15) is 13.2 Å². The number of nitrogens with one attached hydrogen (secondary N) is 1. The van der Waals surface area contributed by atoms with E-state index >= 15 is 0 Å². The number of carbonyl (C=O) groups excluding carboxylic acids is 3. The van der Waals surface area contributed by atoms with Crippen molar-refractivity contribution in [1.82, 2.24) is 20.1 Å². The van der Waals surface area contributed by atoms with Crippen LogP contribution in [0.4, 0.5) is 18.0 Å². The highest BCUT2D eigenvalue weighted by molar-refractivity contribution is 6.06. The Morgan fingerprint density at radius 1 is 1.14 bits per heavy atom. The monoisotopic (exact) mass is 488 g/mol. The third kappa shape index (κ3) is 5.31. The van der Waals surface area contributed by atoms with E-state index in [1.54, 1.807) is 18.7 Å². The van der Waals surface area contributed by atoms with Crippen molar-refractivity contribution in [1.29, 1.82) is 0 Å². The maximum atomic E-state index is 13.0. The molecule has 2 saturated heterocycles. The number of imide groups is 1. The van der Waals surface area contributed by atoms with Crippen molar-refractivity contribution < 1.29 is 27.6 Å². The van der Waals surface area contributed by atoms with Gasteiger partial charge in [-0.1, -0.05) is 18.2 Å². The number of amides is 4. The SMILES string of the molecule is CC1(C)NC(=O)N(CCC(=O)N2CCC[C@H]2c2cccc(Cc3ccc(C(F)(F)F)cc3)n2)C1=O. The van der Waals surface area contributed by atoms with Gasteiger partial charge in [0, 0.05) is 31.6 Å². The van der Waals surface area contributed by atoms with Crippen LogP contribution < -0.4 is 5.32 Å². The lowest BCUT2D eigenvalue weighted by Crippen LogP contribution is -2.41. The topological polar surface area (TPSA) is 82.6 Å². The molecule has 2 aromatic rings. The maximum Gasteiger partial charge on any atom is 0.416 e. The highest BCUT2D eigenvalue weighted by atomic mass is 19.4. The zero-order valence-corrected chi connectivity index (χ0v) is 19.6. The second-order valence-corrected chi connectivity index (χ2v) is 9.43. The molecule has 3 heterocycles. The molecular formula is C25H27F3N4O3. The highest BCUT2D eigenvalue weighted by Gasteiger charge is 2.44. The Hall–Kier alpha value is -3.43. The number of likely N-dealkylation sites (tertiary alicyclic amines) is 1. The third-order valence-electron chi connectivity index (χ3n) is 6.40. The van der Waals surface area contributed by atoms with E-state index < -0.39 is 23.3 Å². The van der Waals surface area contributed by atoms with Gasteiger partial charge in [0.05, 0.1) is 17.3 Å². The normalized spacial score (nSPS) is 19.9. The first-order chi connectivity index (χ1) is 16.5. The summed E-state index contributed by atoms with van der Waals surface area (Å²) in [6.45, 7) is 3.81. The average Bonchev–Trinajstić information content (AvgIpc) is 3.35. The van der Waals surface area contributed by atoms with Crippen LogP contribution >= 0.6 is 0 Å². The third-order valence-corrected chi connectivity index (χ3v) is 6.40. The number of rotatable bonds is 6. The number of halogens is 3. The Kier molecular flexibility index (Phi) is 6.57. The van der Waals surface area contributed by atoms with E-state index in [1.165, 1.54) is 12.1 Å². The zero-order valence-electron chi connectivity index (χ0n) is 19.6. The molecule has 1 aromatic carbocycles. The summed E-state index contributed by atoms with van der Waals surface area (Å²) in [4.78, 5) is 44.9. The number of pyridine rings is 1. The molecule has 7 nitrogen and oxygen atoms in total. The molecule has 2 aliphatic rings. The smallest absolute Gasteiger partial charge is 0.334 e. The molecule has 4 amide bonds. The van der Waals surface area contributed by atoms with Gasteiger partial charge < -0.3 is 10.2 Å². The van der Waals surface area contributed by atoms with Crippen molar-refractivity contribution in [2.75, 3.05) is 13.1 Å². The van der Waals surface area contributed by atoms with Crippen LogP contribution in [0.25, 0.3) is 0 Å². The van der Waals surface area contributed by atoms with Crippen molar-refractivity contribution in [3.63, 3.8) is 0 Å². The molecule has 0 saturated carbocycles. The van der Waals surface area contributed by atoms with Gasteiger partial charge in [0.1, 0.15) is 5.54 Å². The second-order valence-electron chi connectivity index (χ2n) is 9.43. The number of nitrogens with zero attached hydrogens (tertiary/aromatic N) is 3. The summed E-state index contributed by atoms with van der Waals surface area (Å²) in [5.74, 6) is -0.515. The summed E-state index contributed by atoms with van der Waals surface area (Å²) in [5, 5.41) is 2.60. The van der Waals surface area contributed by atoms with Crippen LogP contribution in [0.5, 0.6) is 0 Å². The molecule has 4 rings (SSSR count). The molecule has 35 heavy (non-hydrogen) atoms. The predicted octanol–water partition coefficient (Wildman–Crippen LogP) is 4.08. The molecule has 2 fully saturated rings. The highest BCUT2D eigenvalue weighted by Crippen LogP contribution is 2.32. The van der Waals surface area contributed by atoms with Crippen LogP contribution in [-0.2, 0) is 22.2 Å². The van der Waals surface area contributed by atoms with E-state index in [2.05, 4.69) is 10.3 Å². The van der Waals surface area contributed by atoms with E-state index in [4.69, 9.17) is 0 Å². The minimum atomic E-state index is -4.38. The summed E-state index contributed by atoms with van der Waals surface area (Å²) < 4.78 is 38.4. The second kappa shape index (κ2) is 9.31. The van der Waals surface area contributed by atoms with Gasteiger partial charge in [-0.3, -0.25) is 19.5 Å². The number of alkyl halides is 3. The largest absolute Gasteiger partial charge is 0.416 e.